The van der Waals surface area contributed by atoms with Gasteiger partial charge < -0.3 is 18.9 Å². The van der Waals surface area contributed by atoms with Gasteiger partial charge in [0.1, 0.15) is 23.0 Å². The molecule has 0 unspecified atom stereocenters. The van der Waals surface area contributed by atoms with E-state index in [0.29, 0.717) is 0 Å². The number of hydrogen-bond donors (Lipinski definition) is 0. The van der Waals surface area contributed by atoms with Gasteiger partial charge in [-0.15, -0.1) is 0 Å². The number of hydrogen-bond acceptors (Lipinski definition) is 4. The minimum atomic E-state index is 0.762. The number of ether oxygens (including phenoxy) is 4. The molecule has 0 bridgehead atoms. The molecule has 4 aromatic carbocycles. The smallest absolute Gasteiger partial charge is 0.122 e. The van der Waals surface area contributed by atoms with E-state index in [4.69, 9.17) is 18.9 Å². The van der Waals surface area contributed by atoms with Crippen LogP contribution >= 0.6 is 0 Å². The second kappa shape index (κ2) is 13.2. The van der Waals surface area contributed by atoms with Crippen LogP contribution in [0.1, 0.15) is 68.1 Å². The normalized spacial score (nSPS) is 11.0. The highest BCUT2D eigenvalue weighted by Gasteiger charge is 2.16. The van der Waals surface area contributed by atoms with Crippen molar-refractivity contribution in [2.75, 3.05) is 28.4 Å². The van der Waals surface area contributed by atoms with Gasteiger partial charge in [-0.3, -0.25) is 0 Å². The molecular weight excluding hydrogens is 508 g/mol. The van der Waals surface area contributed by atoms with Crippen LogP contribution in [0.5, 0.6) is 23.0 Å². The highest BCUT2D eigenvalue weighted by atomic mass is 16.5. The maximum absolute atomic E-state index is 5.92. The molecule has 0 aliphatic rings. The first-order chi connectivity index (χ1) is 19.7. The number of rotatable bonds is 11. The molecule has 4 heteroatoms. The summed E-state index contributed by atoms with van der Waals surface area (Å²) in [4.78, 5) is 0. The molecule has 0 fully saturated rings. The predicted octanol–water partition coefficient (Wildman–Crippen LogP) is 8.29. The van der Waals surface area contributed by atoms with Crippen LogP contribution in [0.25, 0.3) is 0 Å². The largest absolute Gasteiger partial charge is 0.496 e. The molecule has 0 saturated heterocycles. The van der Waals surface area contributed by atoms with Crippen molar-refractivity contribution in [1.29, 1.82) is 0 Å². The van der Waals surface area contributed by atoms with Gasteiger partial charge in [0.2, 0.25) is 0 Å². The van der Waals surface area contributed by atoms with E-state index < -0.39 is 0 Å². The van der Waals surface area contributed by atoms with Crippen LogP contribution < -0.4 is 18.9 Å². The Kier molecular flexibility index (Phi) is 9.65. The first-order valence-electron chi connectivity index (χ1n) is 14.3. The van der Waals surface area contributed by atoms with Gasteiger partial charge >= 0.3 is 0 Å². The Morgan fingerprint density at radius 3 is 1.17 bits per heavy atom. The van der Waals surface area contributed by atoms with Gasteiger partial charge in [0.15, 0.2) is 0 Å². The topological polar surface area (TPSA) is 36.9 Å². The summed E-state index contributed by atoms with van der Waals surface area (Å²) in [5.41, 5.74) is 13.5. The van der Waals surface area contributed by atoms with Gasteiger partial charge in [-0.1, -0.05) is 42.8 Å². The molecule has 0 N–H and O–H groups in total. The lowest BCUT2D eigenvalue weighted by molar-refractivity contribution is 0.407. The average molecular weight is 553 g/mol. The summed E-state index contributed by atoms with van der Waals surface area (Å²) in [6, 6.07) is 19.7. The molecule has 4 aromatic rings. The van der Waals surface area contributed by atoms with Crippen LogP contribution in [0, 0.1) is 27.7 Å². The second-order valence-electron chi connectivity index (χ2n) is 11.0. The van der Waals surface area contributed by atoms with Crippen molar-refractivity contribution in [3.8, 4) is 23.0 Å². The van der Waals surface area contributed by atoms with Crippen molar-refractivity contribution in [2.45, 2.75) is 60.3 Å². The van der Waals surface area contributed by atoms with Gasteiger partial charge in [-0.25, -0.2) is 0 Å². The van der Waals surface area contributed by atoms with Crippen LogP contribution in [0.2, 0.25) is 0 Å². The summed E-state index contributed by atoms with van der Waals surface area (Å²) in [7, 11) is 6.98. The van der Waals surface area contributed by atoms with E-state index in [-0.39, 0.29) is 0 Å². The average Bonchev–Trinajstić information content (AvgIpc) is 2.96. The number of benzene rings is 4. The van der Waals surface area contributed by atoms with Crippen LogP contribution in [0.3, 0.4) is 0 Å². The van der Waals surface area contributed by atoms with Gasteiger partial charge in [0.25, 0.3) is 0 Å². The van der Waals surface area contributed by atoms with Crippen LogP contribution in [0.15, 0.2) is 54.6 Å². The highest BCUT2D eigenvalue weighted by molar-refractivity contribution is 5.52. The summed E-state index contributed by atoms with van der Waals surface area (Å²) in [6.07, 6.45) is 3.29. The first kappa shape index (κ1) is 30.0. The standard InChI is InChI=1S/C37H44O4/c1-10-27-14-24(3)29(20-35(27)39-7)18-32-16-26(5)30(22-37(32)41-9)19-33-15-25(4)28(21-36(33)40-8)17-31-13-23(2)11-12-34(31)38-6/h11-16,20-22H,10,17-19H2,1-9H3. The minimum Gasteiger partial charge on any atom is -0.496 e. The number of methoxy groups -OCH3 is 4. The van der Waals surface area contributed by atoms with Crippen molar-refractivity contribution < 1.29 is 18.9 Å². The highest BCUT2D eigenvalue weighted by Crippen LogP contribution is 2.34. The predicted molar refractivity (Wildman–Crippen MR) is 169 cm³/mol. The zero-order chi connectivity index (χ0) is 29.7. The Hall–Kier alpha value is -3.92. The molecule has 0 aliphatic heterocycles. The third kappa shape index (κ3) is 6.70. The van der Waals surface area contributed by atoms with Crippen LogP contribution in [0.4, 0.5) is 0 Å². The fourth-order valence-electron chi connectivity index (χ4n) is 5.72. The van der Waals surface area contributed by atoms with E-state index in [1.165, 1.54) is 61.2 Å². The van der Waals surface area contributed by atoms with E-state index in [1.54, 1.807) is 28.4 Å². The Morgan fingerprint density at radius 2 is 0.780 bits per heavy atom. The molecule has 0 aromatic heterocycles. The Balaban J connectivity index is 1.64. The molecule has 0 atom stereocenters. The van der Waals surface area contributed by atoms with Crippen molar-refractivity contribution in [2.24, 2.45) is 0 Å². The van der Waals surface area contributed by atoms with Crippen LogP contribution in [-0.2, 0) is 25.7 Å². The van der Waals surface area contributed by atoms with Crippen molar-refractivity contribution in [3.63, 3.8) is 0 Å². The zero-order valence-corrected chi connectivity index (χ0v) is 26.2. The summed E-state index contributed by atoms with van der Waals surface area (Å²) in [5, 5.41) is 0. The van der Waals surface area contributed by atoms with Gasteiger partial charge in [-0.05, 0) is 114 Å². The van der Waals surface area contributed by atoms with Crippen molar-refractivity contribution >= 4 is 0 Å². The molecule has 0 aliphatic carbocycles. The molecule has 41 heavy (non-hydrogen) atoms. The molecule has 0 spiro atoms. The number of aryl methyl sites for hydroxylation is 5. The van der Waals surface area contributed by atoms with Crippen molar-refractivity contribution in [3.05, 3.63) is 116 Å². The minimum absolute atomic E-state index is 0.762. The van der Waals surface area contributed by atoms with E-state index in [1.807, 2.05) is 6.07 Å². The molecule has 0 radical (unpaired) electrons. The second-order valence-corrected chi connectivity index (χ2v) is 11.0. The third-order valence-corrected chi connectivity index (χ3v) is 8.18. The lowest BCUT2D eigenvalue weighted by Crippen LogP contribution is -2.04. The maximum atomic E-state index is 5.92. The van der Waals surface area contributed by atoms with Gasteiger partial charge in [0.05, 0.1) is 28.4 Å². The quantitative estimate of drug-likeness (QED) is 0.188. The Morgan fingerprint density at radius 1 is 0.415 bits per heavy atom. The van der Waals surface area contributed by atoms with E-state index in [2.05, 4.69) is 83.1 Å². The summed E-state index contributed by atoms with van der Waals surface area (Å²) in [6.45, 7) is 10.8. The molecule has 4 rings (SSSR count). The molecule has 4 nitrogen and oxygen atoms in total. The summed E-state index contributed by atoms with van der Waals surface area (Å²) < 4.78 is 23.1. The monoisotopic (exact) mass is 552 g/mol. The SMILES string of the molecule is CCc1cc(C)c(Cc2cc(C)c(Cc3cc(C)c(Cc4cc(C)ccc4OC)cc3OC)cc2OC)cc1OC. The van der Waals surface area contributed by atoms with Crippen LogP contribution in [-0.4, -0.2) is 28.4 Å². The maximum Gasteiger partial charge on any atom is 0.122 e. The molecule has 0 saturated carbocycles. The lowest BCUT2D eigenvalue weighted by atomic mass is 9.91. The molecule has 0 amide bonds. The third-order valence-electron chi connectivity index (χ3n) is 8.18. The fraction of sp³-hybridized carbons (Fsp3) is 0.351. The zero-order valence-electron chi connectivity index (χ0n) is 26.2. The van der Waals surface area contributed by atoms with E-state index in [0.717, 1.165) is 48.7 Å². The molecule has 0 heterocycles. The first-order valence-corrected chi connectivity index (χ1v) is 14.3. The van der Waals surface area contributed by atoms with E-state index >= 15 is 0 Å². The fourth-order valence-corrected chi connectivity index (χ4v) is 5.72. The summed E-state index contributed by atoms with van der Waals surface area (Å²) in [5.74, 6) is 3.67. The van der Waals surface area contributed by atoms with Gasteiger partial charge in [0, 0.05) is 19.3 Å². The molecular formula is C37H44O4. The van der Waals surface area contributed by atoms with Crippen molar-refractivity contribution in [1.82, 2.24) is 0 Å². The lowest BCUT2D eigenvalue weighted by Gasteiger charge is -2.18. The van der Waals surface area contributed by atoms with Gasteiger partial charge in [-0.2, -0.15) is 0 Å². The Labute approximate surface area is 246 Å². The molecule has 216 valence electrons. The summed E-state index contributed by atoms with van der Waals surface area (Å²) >= 11 is 0. The van der Waals surface area contributed by atoms with E-state index in [9.17, 15) is 0 Å². The Bertz CT molecular complexity index is 1530.